The number of rotatable bonds is 2. The monoisotopic (exact) mass is 164 g/mol. The van der Waals surface area contributed by atoms with Gasteiger partial charge in [-0.1, -0.05) is 44.2 Å². The van der Waals surface area contributed by atoms with E-state index in [-0.39, 0.29) is 0 Å². The first kappa shape index (κ1) is 10.8. The highest BCUT2D eigenvalue weighted by molar-refractivity contribution is 5.47. The van der Waals surface area contributed by atoms with E-state index in [1.54, 1.807) is 13.4 Å². The van der Waals surface area contributed by atoms with Gasteiger partial charge in [-0.2, -0.15) is 0 Å². The van der Waals surface area contributed by atoms with E-state index in [1.807, 2.05) is 50.3 Å². The summed E-state index contributed by atoms with van der Waals surface area (Å²) < 4.78 is 4.77. The summed E-state index contributed by atoms with van der Waals surface area (Å²) in [6.07, 6.45) is 3.58. The summed E-state index contributed by atoms with van der Waals surface area (Å²) in [6.45, 7) is 4.00. The van der Waals surface area contributed by atoms with Gasteiger partial charge in [0.1, 0.15) is 0 Å². The van der Waals surface area contributed by atoms with Crippen molar-refractivity contribution in [3.63, 3.8) is 0 Å². The SMILES string of the molecule is CC.CO/C=C\c1ccccc1. The van der Waals surface area contributed by atoms with Crippen molar-refractivity contribution in [1.82, 2.24) is 0 Å². The second kappa shape index (κ2) is 7.86. The van der Waals surface area contributed by atoms with E-state index >= 15 is 0 Å². The maximum Gasteiger partial charge on any atom is 0.0830 e. The molecule has 1 heteroatoms. The molecule has 0 unspecified atom stereocenters. The standard InChI is InChI=1S/C9H10O.C2H6/c1-10-8-7-9-5-3-2-4-6-9;1-2/h2-8H,1H3;1-2H3/b8-7-;. The van der Waals surface area contributed by atoms with Crippen LogP contribution in [0.15, 0.2) is 36.6 Å². The van der Waals surface area contributed by atoms with Crippen molar-refractivity contribution >= 4 is 6.08 Å². The van der Waals surface area contributed by atoms with Gasteiger partial charge in [0.05, 0.1) is 13.4 Å². The average Bonchev–Trinajstić information content (AvgIpc) is 2.19. The van der Waals surface area contributed by atoms with Crippen LogP contribution >= 0.6 is 0 Å². The fourth-order valence-corrected chi connectivity index (χ4v) is 0.711. The van der Waals surface area contributed by atoms with Gasteiger partial charge >= 0.3 is 0 Å². The Morgan fingerprint density at radius 3 is 2.17 bits per heavy atom. The Morgan fingerprint density at radius 1 is 1.08 bits per heavy atom. The summed E-state index contributed by atoms with van der Waals surface area (Å²) in [5.41, 5.74) is 1.16. The number of hydrogen-bond acceptors (Lipinski definition) is 1. The van der Waals surface area contributed by atoms with Crippen LogP contribution in [0.1, 0.15) is 19.4 Å². The van der Waals surface area contributed by atoms with Crippen molar-refractivity contribution in [2.24, 2.45) is 0 Å². The Hall–Kier alpha value is -1.24. The van der Waals surface area contributed by atoms with Gasteiger partial charge in [-0.15, -0.1) is 0 Å². The number of ether oxygens (including phenoxy) is 1. The third-order valence-corrected chi connectivity index (χ3v) is 1.20. The summed E-state index contributed by atoms with van der Waals surface area (Å²) in [7, 11) is 1.64. The third kappa shape index (κ3) is 4.56. The fourth-order valence-electron chi connectivity index (χ4n) is 0.711. The highest BCUT2D eigenvalue weighted by Crippen LogP contribution is 1.99. The van der Waals surface area contributed by atoms with E-state index in [2.05, 4.69) is 0 Å². The first-order valence-electron chi connectivity index (χ1n) is 4.18. The molecule has 1 aromatic rings. The molecule has 0 N–H and O–H groups in total. The first-order chi connectivity index (χ1) is 5.93. The van der Waals surface area contributed by atoms with Gasteiger partial charge in [0, 0.05) is 0 Å². The lowest BCUT2D eigenvalue weighted by atomic mass is 10.2. The van der Waals surface area contributed by atoms with Crippen molar-refractivity contribution in [2.75, 3.05) is 7.11 Å². The molecular formula is C11H16O. The van der Waals surface area contributed by atoms with Crippen molar-refractivity contribution in [3.05, 3.63) is 42.2 Å². The van der Waals surface area contributed by atoms with Gasteiger partial charge in [-0.05, 0) is 11.6 Å². The minimum Gasteiger partial charge on any atom is -0.504 e. The van der Waals surface area contributed by atoms with Crippen LogP contribution in [0.4, 0.5) is 0 Å². The molecule has 0 aliphatic heterocycles. The van der Waals surface area contributed by atoms with Crippen LogP contribution in [-0.2, 0) is 4.74 Å². The molecule has 0 saturated carbocycles. The molecular weight excluding hydrogens is 148 g/mol. The molecule has 0 aliphatic rings. The largest absolute Gasteiger partial charge is 0.504 e. The number of benzene rings is 1. The van der Waals surface area contributed by atoms with Crippen molar-refractivity contribution < 1.29 is 4.74 Å². The van der Waals surface area contributed by atoms with Crippen LogP contribution in [-0.4, -0.2) is 7.11 Å². The van der Waals surface area contributed by atoms with Crippen LogP contribution in [0.3, 0.4) is 0 Å². The van der Waals surface area contributed by atoms with Crippen LogP contribution < -0.4 is 0 Å². The minimum absolute atomic E-state index is 1.16. The second-order valence-electron chi connectivity index (χ2n) is 1.95. The van der Waals surface area contributed by atoms with E-state index in [0.717, 1.165) is 5.56 Å². The normalized spacial score (nSPS) is 8.92. The predicted octanol–water partition coefficient (Wildman–Crippen LogP) is 3.33. The molecule has 0 spiro atoms. The molecule has 0 fully saturated rings. The average molecular weight is 164 g/mol. The van der Waals surface area contributed by atoms with E-state index < -0.39 is 0 Å². The van der Waals surface area contributed by atoms with Gasteiger partial charge < -0.3 is 4.74 Å². The quantitative estimate of drug-likeness (QED) is 0.609. The number of hydrogen-bond donors (Lipinski definition) is 0. The molecule has 0 aliphatic carbocycles. The van der Waals surface area contributed by atoms with Crippen LogP contribution in [0, 0.1) is 0 Å². The van der Waals surface area contributed by atoms with E-state index in [4.69, 9.17) is 4.74 Å². The van der Waals surface area contributed by atoms with E-state index in [0.29, 0.717) is 0 Å². The van der Waals surface area contributed by atoms with Crippen LogP contribution in [0.2, 0.25) is 0 Å². The van der Waals surface area contributed by atoms with Crippen molar-refractivity contribution in [1.29, 1.82) is 0 Å². The molecule has 66 valence electrons. The van der Waals surface area contributed by atoms with Crippen LogP contribution in [0.25, 0.3) is 6.08 Å². The summed E-state index contributed by atoms with van der Waals surface area (Å²) in [5.74, 6) is 0. The van der Waals surface area contributed by atoms with Gasteiger partial charge in [-0.25, -0.2) is 0 Å². The zero-order chi connectivity index (χ0) is 9.23. The molecule has 1 rings (SSSR count). The molecule has 0 atom stereocenters. The molecule has 0 amide bonds. The first-order valence-corrected chi connectivity index (χ1v) is 4.18. The number of methoxy groups -OCH3 is 1. The molecule has 12 heavy (non-hydrogen) atoms. The van der Waals surface area contributed by atoms with Crippen molar-refractivity contribution in [2.45, 2.75) is 13.8 Å². The Kier molecular flexibility index (Phi) is 7.05. The topological polar surface area (TPSA) is 9.23 Å². The second-order valence-corrected chi connectivity index (χ2v) is 1.95. The molecule has 1 aromatic carbocycles. The highest BCUT2D eigenvalue weighted by atomic mass is 16.5. The van der Waals surface area contributed by atoms with Crippen LogP contribution in [0.5, 0.6) is 0 Å². The summed E-state index contributed by atoms with van der Waals surface area (Å²) >= 11 is 0. The fraction of sp³-hybridized carbons (Fsp3) is 0.273. The van der Waals surface area contributed by atoms with Gasteiger partial charge in [-0.3, -0.25) is 0 Å². The lowest BCUT2D eigenvalue weighted by Gasteiger charge is -1.89. The van der Waals surface area contributed by atoms with Crippen molar-refractivity contribution in [3.8, 4) is 0 Å². The predicted molar refractivity (Wildman–Crippen MR) is 53.8 cm³/mol. The smallest absolute Gasteiger partial charge is 0.0830 e. The molecule has 0 saturated heterocycles. The minimum atomic E-state index is 1.16. The lowest BCUT2D eigenvalue weighted by Crippen LogP contribution is -1.69. The molecule has 0 bridgehead atoms. The maximum absolute atomic E-state index is 4.77. The Labute approximate surface area is 74.7 Å². The van der Waals surface area contributed by atoms with E-state index in [1.165, 1.54) is 0 Å². The molecule has 0 heterocycles. The maximum atomic E-state index is 4.77. The van der Waals surface area contributed by atoms with Gasteiger partial charge in [0.2, 0.25) is 0 Å². The summed E-state index contributed by atoms with van der Waals surface area (Å²) in [4.78, 5) is 0. The third-order valence-electron chi connectivity index (χ3n) is 1.20. The summed E-state index contributed by atoms with van der Waals surface area (Å²) in [6, 6.07) is 10.0. The zero-order valence-electron chi connectivity index (χ0n) is 7.95. The Bertz CT molecular complexity index is 202. The van der Waals surface area contributed by atoms with Gasteiger partial charge in [0.15, 0.2) is 0 Å². The van der Waals surface area contributed by atoms with E-state index in [9.17, 15) is 0 Å². The zero-order valence-corrected chi connectivity index (χ0v) is 7.95. The summed E-state index contributed by atoms with van der Waals surface area (Å²) in [5, 5.41) is 0. The Morgan fingerprint density at radius 2 is 1.67 bits per heavy atom. The Balaban J connectivity index is 0.000000561. The molecule has 0 aromatic heterocycles. The lowest BCUT2D eigenvalue weighted by molar-refractivity contribution is 0.341. The molecule has 0 radical (unpaired) electrons. The highest BCUT2D eigenvalue weighted by Gasteiger charge is 1.79. The molecule has 1 nitrogen and oxygen atoms in total. The van der Waals surface area contributed by atoms with Gasteiger partial charge in [0.25, 0.3) is 0 Å².